The van der Waals surface area contributed by atoms with E-state index in [-0.39, 0.29) is 14.5 Å². The van der Waals surface area contributed by atoms with E-state index in [2.05, 4.69) is 231 Å². The molecule has 2 heterocycles. The van der Waals surface area contributed by atoms with E-state index in [1.165, 1.54) is 118 Å². The zero-order valence-corrected chi connectivity index (χ0v) is 37.5. The molecule has 2 heteroatoms. The van der Waals surface area contributed by atoms with Crippen LogP contribution >= 0.6 is 0 Å². The number of furan rings is 1. The second-order valence-electron chi connectivity index (χ2n) is 17.4. The van der Waals surface area contributed by atoms with E-state index in [9.17, 15) is 0 Å². The second-order valence-corrected chi connectivity index (χ2v) is 19.7. The fourth-order valence-electron chi connectivity index (χ4n) is 11.0. The summed E-state index contributed by atoms with van der Waals surface area (Å²) in [5.74, 6) is 0. The summed E-state index contributed by atoms with van der Waals surface area (Å²) in [6.07, 6.45) is 0. The van der Waals surface area contributed by atoms with Crippen LogP contribution in [0.3, 0.4) is 0 Å². The molecule has 0 saturated heterocycles. The first-order chi connectivity index (χ1) is 32.7. The summed E-state index contributed by atoms with van der Waals surface area (Å²) in [5.41, 5.74) is 14.3. The van der Waals surface area contributed by atoms with Crippen LogP contribution in [0.1, 0.15) is 0 Å². The first kappa shape index (κ1) is 37.4. The molecule has 0 aliphatic carbocycles. The van der Waals surface area contributed by atoms with E-state index < -0.39 is 0 Å². The Labute approximate surface area is 387 Å². The van der Waals surface area contributed by atoms with Crippen molar-refractivity contribution in [1.29, 1.82) is 0 Å². The Kier molecular flexibility index (Phi) is 8.37. The molecule has 306 valence electrons. The van der Waals surface area contributed by atoms with Crippen LogP contribution in [0.5, 0.6) is 0 Å². The van der Waals surface area contributed by atoms with Crippen molar-refractivity contribution in [3.05, 3.63) is 231 Å². The molecule has 0 bridgehead atoms. The molecule has 14 aromatic rings. The van der Waals surface area contributed by atoms with E-state index in [0.29, 0.717) is 0 Å². The van der Waals surface area contributed by atoms with Gasteiger partial charge in [-0.15, -0.1) is 0 Å². The number of fused-ring (bicyclic) bond motifs is 10. The number of hydrogen-bond acceptors (Lipinski definition) is 1. The van der Waals surface area contributed by atoms with E-state index in [1.807, 2.05) is 0 Å². The summed E-state index contributed by atoms with van der Waals surface area (Å²) in [5, 5.41) is 15.1. The zero-order chi connectivity index (χ0) is 43.3. The van der Waals surface area contributed by atoms with E-state index in [4.69, 9.17) is 4.42 Å². The molecular formula is C64H38OSe. The molecule has 0 saturated carbocycles. The zero-order valence-electron chi connectivity index (χ0n) is 35.8. The van der Waals surface area contributed by atoms with Crippen molar-refractivity contribution >= 4 is 98.8 Å². The molecule has 0 N–H and O–H groups in total. The van der Waals surface area contributed by atoms with Crippen molar-refractivity contribution in [2.24, 2.45) is 0 Å². The van der Waals surface area contributed by atoms with Gasteiger partial charge in [0.1, 0.15) is 0 Å². The molecule has 0 aliphatic rings. The van der Waals surface area contributed by atoms with Crippen LogP contribution in [0.15, 0.2) is 235 Å². The molecule has 66 heavy (non-hydrogen) atoms. The molecular weight excluding hydrogens is 864 g/mol. The Balaban J connectivity index is 1.00. The maximum atomic E-state index is 6.46. The molecule has 2 aromatic heterocycles. The average molecular weight is 902 g/mol. The van der Waals surface area contributed by atoms with Crippen molar-refractivity contribution in [3.63, 3.8) is 0 Å². The predicted octanol–water partition coefficient (Wildman–Crippen LogP) is 17.9. The van der Waals surface area contributed by atoms with Gasteiger partial charge in [0, 0.05) is 0 Å². The Morgan fingerprint density at radius 2 is 0.652 bits per heavy atom. The van der Waals surface area contributed by atoms with Crippen LogP contribution in [-0.4, -0.2) is 14.5 Å². The third-order valence-corrected chi connectivity index (χ3v) is 16.2. The third-order valence-electron chi connectivity index (χ3n) is 13.8. The summed E-state index contributed by atoms with van der Waals surface area (Å²) in [7, 11) is 0. The van der Waals surface area contributed by atoms with Crippen LogP contribution in [-0.2, 0) is 0 Å². The van der Waals surface area contributed by atoms with Gasteiger partial charge in [-0.3, -0.25) is 0 Å². The minimum absolute atomic E-state index is 0.176. The average Bonchev–Trinajstić information content (AvgIpc) is 3.95. The Morgan fingerprint density at radius 1 is 0.242 bits per heavy atom. The maximum absolute atomic E-state index is 6.46. The Hall–Kier alpha value is -8.00. The molecule has 1 nitrogen and oxygen atoms in total. The Bertz CT molecular complexity index is 4160. The Morgan fingerprint density at radius 3 is 1.18 bits per heavy atom. The van der Waals surface area contributed by atoms with Crippen molar-refractivity contribution < 1.29 is 4.42 Å². The van der Waals surface area contributed by atoms with Gasteiger partial charge in [-0.25, -0.2) is 0 Å². The van der Waals surface area contributed by atoms with Crippen LogP contribution in [0.2, 0.25) is 0 Å². The molecule has 0 amide bonds. The molecule has 0 aliphatic heterocycles. The molecule has 12 aromatic carbocycles. The molecule has 0 atom stereocenters. The molecule has 0 radical (unpaired) electrons. The molecule has 0 unspecified atom stereocenters. The topological polar surface area (TPSA) is 13.1 Å². The van der Waals surface area contributed by atoms with Gasteiger partial charge in [0.15, 0.2) is 0 Å². The second kappa shape index (κ2) is 14.8. The van der Waals surface area contributed by atoms with Gasteiger partial charge in [0.05, 0.1) is 0 Å². The van der Waals surface area contributed by atoms with Crippen LogP contribution in [0.25, 0.3) is 140 Å². The van der Waals surface area contributed by atoms with E-state index in [1.54, 1.807) is 0 Å². The minimum atomic E-state index is 0.176. The first-order valence-corrected chi connectivity index (χ1v) is 24.4. The number of rotatable bonds is 5. The summed E-state index contributed by atoms with van der Waals surface area (Å²) < 4.78 is 9.33. The van der Waals surface area contributed by atoms with Gasteiger partial charge in [0.2, 0.25) is 0 Å². The molecule has 0 fully saturated rings. The number of benzene rings is 12. The van der Waals surface area contributed by atoms with Gasteiger partial charge < -0.3 is 0 Å². The van der Waals surface area contributed by atoms with Crippen LogP contribution < -0.4 is 0 Å². The van der Waals surface area contributed by atoms with Crippen molar-refractivity contribution in [3.8, 4) is 55.6 Å². The van der Waals surface area contributed by atoms with Gasteiger partial charge in [-0.05, 0) is 17.2 Å². The standard InChI is InChI=1S/C64H38OSe/c1-3-16-39(17-4-1)41-30-33-56-53(36-41)54-37-42(31-34-57(54)65-56)61-48-24-11-13-26-50(48)63(51-27-14-12-25-49(51)61)52-28-15-29-59-64(52)55-38-43(32-35-58(55)66-59)62-46-22-9-7-20-44(46)60(40-18-5-2-6-19-40)45-21-8-10-23-47(45)62/h1-38H. The first-order valence-electron chi connectivity index (χ1n) is 22.7. The van der Waals surface area contributed by atoms with E-state index in [0.717, 1.165) is 21.9 Å². The van der Waals surface area contributed by atoms with Crippen LogP contribution in [0.4, 0.5) is 0 Å². The summed E-state index contributed by atoms with van der Waals surface area (Å²) >= 11 is 0.176. The molecule has 0 spiro atoms. The smallest absolute Gasteiger partial charge is 0.0617 e. The third kappa shape index (κ3) is 5.66. The van der Waals surface area contributed by atoms with Crippen molar-refractivity contribution in [1.82, 2.24) is 0 Å². The summed E-state index contributed by atoms with van der Waals surface area (Å²) in [6.45, 7) is 0. The summed E-state index contributed by atoms with van der Waals surface area (Å²) in [4.78, 5) is 0. The normalized spacial score (nSPS) is 11.9. The SMILES string of the molecule is c1ccc(-c2ccc3oc4ccc(-c5c6ccccc6c(-c6cccc7[se]c8ccc(-c9c%10ccccc%10c(-c%10ccccc%10)c%10ccccc9%10)cc8c67)c6ccccc56)cc4c3c2)cc1. The minimum Gasteiger partial charge on any atom is -0.0617 e. The van der Waals surface area contributed by atoms with Crippen molar-refractivity contribution in [2.75, 3.05) is 0 Å². The van der Waals surface area contributed by atoms with E-state index >= 15 is 0 Å². The van der Waals surface area contributed by atoms with Crippen molar-refractivity contribution in [2.45, 2.75) is 0 Å². The molecule has 14 rings (SSSR count). The monoisotopic (exact) mass is 902 g/mol. The number of hydrogen-bond donors (Lipinski definition) is 0. The summed E-state index contributed by atoms with van der Waals surface area (Å²) in [6, 6.07) is 85.2. The quantitative estimate of drug-likeness (QED) is 0.124. The fourth-order valence-corrected chi connectivity index (χ4v) is 13.4. The van der Waals surface area contributed by atoms with Gasteiger partial charge in [-0.1, -0.05) is 36.4 Å². The van der Waals surface area contributed by atoms with Gasteiger partial charge in [-0.2, -0.15) is 0 Å². The van der Waals surface area contributed by atoms with Crippen LogP contribution in [0, 0.1) is 0 Å². The predicted molar refractivity (Wildman–Crippen MR) is 283 cm³/mol. The fraction of sp³-hybridized carbons (Fsp3) is 0. The van der Waals surface area contributed by atoms with Gasteiger partial charge in [0.25, 0.3) is 0 Å². The van der Waals surface area contributed by atoms with Gasteiger partial charge >= 0.3 is 336 Å².